The molecule has 0 radical (unpaired) electrons. The summed E-state index contributed by atoms with van der Waals surface area (Å²) in [6.07, 6.45) is 4.01. The van der Waals surface area contributed by atoms with Crippen LogP contribution in [-0.2, 0) is 12.0 Å². The maximum atomic E-state index is 4.46. The quantitative estimate of drug-likeness (QED) is 0.867. The molecule has 3 rings (SSSR count). The van der Waals surface area contributed by atoms with Gasteiger partial charge in [-0.2, -0.15) is 0 Å². The van der Waals surface area contributed by atoms with Gasteiger partial charge in [-0.3, -0.25) is 0 Å². The van der Waals surface area contributed by atoms with Crippen molar-refractivity contribution in [3.8, 4) is 0 Å². The van der Waals surface area contributed by atoms with Crippen LogP contribution in [0.1, 0.15) is 51.4 Å². The van der Waals surface area contributed by atoms with Gasteiger partial charge in [0.1, 0.15) is 10.8 Å². The molecule has 2 aromatic heterocycles. The molecule has 0 N–H and O–H groups in total. The maximum absolute atomic E-state index is 4.46. The lowest BCUT2D eigenvalue weighted by atomic mass is 9.98. The molecule has 2 aromatic rings. The summed E-state index contributed by atoms with van der Waals surface area (Å²) in [6, 6.07) is 0. The number of anilines is 1. The highest BCUT2D eigenvalue weighted by Gasteiger charge is 2.31. The van der Waals surface area contributed by atoms with Crippen LogP contribution < -0.4 is 4.90 Å². The van der Waals surface area contributed by atoms with Gasteiger partial charge in [-0.25, -0.2) is 4.98 Å². The first-order valence-electron chi connectivity index (χ1n) is 7.94. The molecule has 0 unspecified atom stereocenters. The second-order valence-corrected chi connectivity index (χ2v) is 8.46. The summed E-state index contributed by atoms with van der Waals surface area (Å²) in [6.45, 7) is 14.1. The van der Waals surface area contributed by atoms with Crippen LogP contribution in [0.5, 0.6) is 0 Å². The SMILES string of the molecule is CC(C)c1nccn1CC1CN(c2nnc(C(C)(C)C)s2)C1. The summed E-state index contributed by atoms with van der Waals surface area (Å²) in [5.74, 6) is 2.33. The molecule has 1 aliphatic rings. The van der Waals surface area contributed by atoms with E-state index in [9.17, 15) is 0 Å². The maximum Gasteiger partial charge on any atom is 0.208 e. The van der Waals surface area contributed by atoms with Crippen LogP contribution in [0.3, 0.4) is 0 Å². The van der Waals surface area contributed by atoms with Gasteiger partial charge in [-0.1, -0.05) is 46.0 Å². The fourth-order valence-electron chi connectivity index (χ4n) is 2.74. The highest BCUT2D eigenvalue weighted by Crippen LogP contribution is 2.33. The molecule has 22 heavy (non-hydrogen) atoms. The van der Waals surface area contributed by atoms with Crippen molar-refractivity contribution in [1.82, 2.24) is 19.7 Å². The first kappa shape index (κ1) is 15.5. The summed E-state index contributed by atoms with van der Waals surface area (Å²) in [7, 11) is 0. The van der Waals surface area contributed by atoms with Crippen molar-refractivity contribution in [1.29, 1.82) is 0 Å². The van der Waals surface area contributed by atoms with Crippen molar-refractivity contribution in [2.75, 3.05) is 18.0 Å². The Morgan fingerprint density at radius 3 is 2.59 bits per heavy atom. The van der Waals surface area contributed by atoms with E-state index in [-0.39, 0.29) is 5.41 Å². The zero-order chi connectivity index (χ0) is 15.9. The lowest BCUT2D eigenvalue weighted by Crippen LogP contribution is -2.48. The fourth-order valence-corrected chi connectivity index (χ4v) is 3.66. The average Bonchev–Trinajstić information content (AvgIpc) is 3.01. The van der Waals surface area contributed by atoms with E-state index in [4.69, 9.17) is 0 Å². The molecule has 1 fully saturated rings. The zero-order valence-electron chi connectivity index (χ0n) is 14.1. The van der Waals surface area contributed by atoms with E-state index in [2.05, 4.69) is 65.5 Å². The number of nitrogens with zero attached hydrogens (tertiary/aromatic N) is 5. The third-order valence-electron chi connectivity index (χ3n) is 4.00. The van der Waals surface area contributed by atoms with Gasteiger partial charge < -0.3 is 9.47 Å². The molecular formula is C16H25N5S. The molecular weight excluding hydrogens is 294 g/mol. The van der Waals surface area contributed by atoms with Gasteiger partial charge in [-0.15, -0.1) is 10.2 Å². The van der Waals surface area contributed by atoms with Crippen LogP contribution in [0, 0.1) is 5.92 Å². The minimum atomic E-state index is 0.0865. The Labute approximate surface area is 136 Å². The summed E-state index contributed by atoms with van der Waals surface area (Å²) in [5.41, 5.74) is 0.0865. The van der Waals surface area contributed by atoms with E-state index in [1.54, 1.807) is 11.3 Å². The van der Waals surface area contributed by atoms with E-state index < -0.39 is 0 Å². The van der Waals surface area contributed by atoms with Crippen molar-refractivity contribution in [2.24, 2.45) is 5.92 Å². The Kier molecular flexibility index (Phi) is 3.97. The second-order valence-electron chi connectivity index (χ2n) is 7.50. The van der Waals surface area contributed by atoms with Crippen LogP contribution in [0.2, 0.25) is 0 Å². The van der Waals surface area contributed by atoms with Crippen LogP contribution >= 0.6 is 11.3 Å². The zero-order valence-corrected chi connectivity index (χ0v) is 14.9. The molecule has 0 amide bonds. The van der Waals surface area contributed by atoms with Gasteiger partial charge in [0.25, 0.3) is 0 Å². The van der Waals surface area contributed by atoms with Crippen LogP contribution in [0.15, 0.2) is 12.4 Å². The molecule has 1 aliphatic heterocycles. The van der Waals surface area contributed by atoms with Crippen molar-refractivity contribution in [3.63, 3.8) is 0 Å². The molecule has 6 heteroatoms. The number of imidazole rings is 1. The Hall–Kier alpha value is -1.43. The van der Waals surface area contributed by atoms with Gasteiger partial charge in [-0.05, 0) is 0 Å². The number of rotatable bonds is 4. The Morgan fingerprint density at radius 1 is 1.27 bits per heavy atom. The van der Waals surface area contributed by atoms with Crippen LogP contribution in [-0.4, -0.2) is 32.8 Å². The van der Waals surface area contributed by atoms with Gasteiger partial charge >= 0.3 is 0 Å². The highest BCUT2D eigenvalue weighted by atomic mass is 32.1. The lowest BCUT2D eigenvalue weighted by molar-refractivity contribution is 0.350. The molecule has 0 spiro atoms. The van der Waals surface area contributed by atoms with Crippen LogP contribution in [0.25, 0.3) is 0 Å². The summed E-state index contributed by atoms with van der Waals surface area (Å²) in [5, 5.41) is 10.9. The second kappa shape index (κ2) is 5.65. The highest BCUT2D eigenvalue weighted by molar-refractivity contribution is 7.15. The van der Waals surface area contributed by atoms with E-state index in [0.717, 1.165) is 29.8 Å². The van der Waals surface area contributed by atoms with Crippen molar-refractivity contribution < 1.29 is 0 Å². The third kappa shape index (κ3) is 3.02. The Bertz CT molecular complexity index is 631. The van der Waals surface area contributed by atoms with Crippen molar-refractivity contribution in [2.45, 2.75) is 52.5 Å². The van der Waals surface area contributed by atoms with Crippen molar-refractivity contribution >= 4 is 16.5 Å². The van der Waals surface area contributed by atoms with E-state index in [1.165, 1.54) is 5.82 Å². The topological polar surface area (TPSA) is 46.8 Å². The molecule has 1 saturated heterocycles. The number of hydrogen-bond donors (Lipinski definition) is 0. The normalized spacial score (nSPS) is 16.4. The largest absolute Gasteiger partial charge is 0.346 e. The van der Waals surface area contributed by atoms with E-state index in [0.29, 0.717) is 11.8 Å². The first-order chi connectivity index (χ1) is 10.3. The smallest absolute Gasteiger partial charge is 0.208 e. The molecule has 120 valence electrons. The number of aromatic nitrogens is 4. The predicted molar refractivity (Wildman–Crippen MR) is 90.6 cm³/mol. The molecule has 5 nitrogen and oxygen atoms in total. The predicted octanol–water partition coefficient (Wildman–Crippen LogP) is 3.29. The lowest BCUT2D eigenvalue weighted by Gasteiger charge is -2.39. The third-order valence-corrected chi connectivity index (χ3v) is 5.41. The van der Waals surface area contributed by atoms with Crippen molar-refractivity contribution in [3.05, 3.63) is 23.2 Å². The van der Waals surface area contributed by atoms with Crippen LogP contribution in [0.4, 0.5) is 5.13 Å². The first-order valence-corrected chi connectivity index (χ1v) is 8.76. The molecule has 0 aromatic carbocycles. The Balaban J connectivity index is 1.58. The van der Waals surface area contributed by atoms with Gasteiger partial charge in [0.15, 0.2) is 0 Å². The van der Waals surface area contributed by atoms with Gasteiger partial charge in [0, 0.05) is 49.3 Å². The standard InChI is InChI=1S/C16H25N5S/c1-11(2)13-17-6-7-20(13)8-12-9-21(10-12)15-19-18-14(22-15)16(3,4)5/h6-7,11-12H,8-10H2,1-5H3. The average molecular weight is 319 g/mol. The van der Waals surface area contributed by atoms with E-state index >= 15 is 0 Å². The van der Waals surface area contributed by atoms with E-state index in [1.807, 2.05) is 6.20 Å². The summed E-state index contributed by atoms with van der Waals surface area (Å²) >= 11 is 1.73. The molecule has 0 saturated carbocycles. The molecule has 0 bridgehead atoms. The van der Waals surface area contributed by atoms with Gasteiger partial charge in [0.2, 0.25) is 5.13 Å². The molecule has 0 atom stereocenters. The minimum Gasteiger partial charge on any atom is -0.346 e. The molecule has 0 aliphatic carbocycles. The minimum absolute atomic E-state index is 0.0865. The monoisotopic (exact) mass is 319 g/mol. The molecule has 3 heterocycles. The summed E-state index contributed by atoms with van der Waals surface area (Å²) < 4.78 is 2.30. The number of hydrogen-bond acceptors (Lipinski definition) is 5. The van der Waals surface area contributed by atoms with Gasteiger partial charge in [0.05, 0.1) is 0 Å². The Morgan fingerprint density at radius 2 is 2.00 bits per heavy atom. The fraction of sp³-hybridized carbons (Fsp3) is 0.688. The summed E-state index contributed by atoms with van der Waals surface area (Å²) in [4.78, 5) is 6.80.